The fourth-order valence-corrected chi connectivity index (χ4v) is 0.757. The molecule has 0 bridgehead atoms. The maximum atomic E-state index is 10.9. The van der Waals surface area contributed by atoms with Crippen LogP contribution >= 0.6 is 0 Å². The summed E-state index contributed by atoms with van der Waals surface area (Å²) in [6.07, 6.45) is 0.669. The lowest BCUT2D eigenvalue weighted by atomic mass is 10.2. The van der Waals surface area contributed by atoms with Gasteiger partial charge in [-0.3, -0.25) is 9.90 Å². The summed E-state index contributed by atoms with van der Waals surface area (Å²) in [6, 6.07) is 4.18. The Kier molecular flexibility index (Phi) is 2.11. The molecule has 0 aliphatic heterocycles. The Labute approximate surface area is 64.2 Å². The quantitative estimate of drug-likeness (QED) is 0.603. The maximum Gasteiger partial charge on any atom is 0.220 e. The predicted octanol–water partition coefficient (Wildman–Crippen LogP) is 1.65. The molecular weight excluding hydrogens is 144 g/mol. The molecule has 0 atom stereocenters. The molecule has 1 radical (unpaired) electrons. The van der Waals surface area contributed by atoms with Crippen LogP contribution in [0, 0.1) is 0 Å². The molecule has 0 aliphatic carbocycles. The van der Waals surface area contributed by atoms with E-state index in [0.29, 0.717) is 11.8 Å². The highest BCUT2D eigenvalue weighted by Gasteiger charge is 2.02. The number of ether oxygens (including phenoxy) is 1. The smallest absolute Gasteiger partial charge is 0.220 e. The average Bonchev–Trinajstić information content (AvgIpc) is 2.05. The molecule has 1 aromatic rings. The second-order valence-electron chi connectivity index (χ2n) is 2.03. The molecule has 57 valence electrons. The van der Waals surface area contributed by atoms with Crippen LogP contribution in [0.5, 0.6) is 11.5 Å². The first-order chi connectivity index (χ1) is 5.27. The van der Waals surface area contributed by atoms with Gasteiger partial charge in [-0.25, -0.2) is 0 Å². The lowest BCUT2D eigenvalue weighted by molar-refractivity contribution is 0.112. The Balaban J connectivity index is 3.12. The summed E-state index contributed by atoms with van der Waals surface area (Å²) in [5, 5.41) is 10.9. The molecule has 0 saturated carbocycles. The standard InChI is InChI=1S/C8H7O3/c1-11-8-4-6(5-9)2-3-7(8)10/h2-5H,1H3. The number of hydrogen-bond donors (Lipinski definition) is 0. The molecule has 0 aromatic heterocycles. The van der Waals surface area contributed by atoms with E-state index in [2.05, 4.69) is 0 Å². The van der Waals surface area contributed by atoms with E-state index in [0.717, 1.165) is 0 Å². The van der Waals surface area contributed by atoms with Crippen molar-refractivity contribution in [1.29, 1.82) is 0 Å². The highest BCUT2D eigenvalue weighted by Crippen LogP contribution is 2.25. The highest BCUT2D eigenvalue weighted by atomic mass is 16.5. The summed E-state index contributed by atoms with van der Waals surface area (Å²) in [5.41, 5.74) is 0.446. The number of hydrogen-bond acceptors (Lipinski definition) is 2. The zero-order valence-corrected chi connectivity index (χ0v) is 6.03. The van der Waals surface area contributed by atoms with Crippen LogP contribution in [0.3, 0.4) is 0 Å². The molecule has 3 heteroatoms. The zero-order chi connectivity index (χ0) is 8.27. The van der Waals surface area contributed by atoms with Gasteiger partial charge in [-0.2, -0.15) is 0 Å². The Bertz CT molecular complexity index is 268. The predicted molar refractivity (Wildman–Crippen MR) is 38.5 cm³/mol. The molecule has 0 spiro atoms. The van der Waals surface area contributed by atoms with Crippen molar-refractivity contribution in [1.82, 2.24) is 0 Å². The monoisotopic (exact) mass is 151 g/mol. The molecular formula is C8H7O3. The topological polar surface area (TPSA) is 46.2 Å². The largest absolute Gasteiger partial charge is 0.493 e. The third kappa shape index (κ3) is 1.49. The lowest BCUT2D eigenvalue weighted by Crippen LogP contribution is -1.85. The third-order valence-corrected chi connectivity index (χ3v) is 1.32. The molecule has 3 nitrogen and oxygen atoms in total. The summed E-state index contributed by atoms with van der Waals surface area (Å²) in [4.78, 5) is 10.2. The normalized spacial score (nSPS) is 9.18. The second kappa shape index (κ2) is 3.05. The lowest BCUT2D eigenvalue weighted by Gasteiger charge is -1.99. The van der Waals surface area contributed by atoms with Gasteiger partial charge < -0.3 is 4.74 Å². The van der Waals surface area contributed by atoms with Gasteiger partial charge in [0.05, 0.1) is 7.11 Å². The molecule has 0 heterocycles. The van der Waals surface area contributed by atoms with Crippen molar-refractivity contribution in [2.24, 2.45) is 0 Å². The van der Waals surface area contributed by atoms with E-state index in [9.17, 15) is 9.90 Å². The number of carbonyl (C=O) groups excluding carboxylic acids is 1. The van der Waals surface area contributed by atoms with Gasteiger partial charge in [0.25, 0.3) is 0 Å². The van der Waals surface area contributed by atoms with Gasteiger partial charge in [0, 0.05) is 5.56 Å². The minimum absolute atomic E-state index is 0.203. The van der Waals surface area contributed by atoms with Crippen molar-refractivity contribution in [2.45, 2.75) is 0 Å². The van der Waals surface area contributed by atoms with Crippen molar-refractivity contribution in [3.8, 4) is 11.5 Å². The summed E-state index contributed by atoms with van der Waals surface area (Å²) in [6.45, 7) is 0. The highest BCUT2D eigenvalue weighted by molar-refractivity contribution is 5.76. The fourth-order valence-electron chi connectivity index (χ4n) is 0.757. The molecule has 0 unspecified atom stereocenters. The van der Waals surface area contributed by atoms with Crippen molar-refractivity contribution < 1.29 is 14.6 Å². The molecule has 1 rings (SSSR count). The summed E-state index contributed by atoms with van der Waals surface area (Å²) in [7, 11) is 1.39. The summed E-state index contributed by atoms with van der Waals surface area (Å²) in [5.74, 6) is -0.00676. The zero-order valence-electron chi connectivity index (χ0n) is 6.03. The minimum Gasteiger partial charge on any atom is -0.493 e. The van der Waals surface area contributed by atoms with Crippen LogP contribution in [-0.2, 0) is 5.11 Å². The van der Waals surface area contributed by atoms with Gasteiger partial charge in [-0.15, -0.1) is 0 Å². The van der Waals surface area contributed by atoms with E-state index in [4.69, 9.17) is 4.74 Å². The third-order valence-electron chi connectivity index (χ3n) is 1.32. The van der Waals surface area contributed by atoms with Gasteiger partial charge in [0.1, 0.15) is 6.29 Å². The van der Waals surface area contributed by atoms with Crippen molar-refractivity contribution in [2.75, 3.05) is 7.11 Å². The van der Waals surface area contributed by atoms with E-state index in [-0.39, 0.29) is 11.5 Å². The molecule has 0 fully saturated rings. The summed E-state index contributed by atoms with van der Waals surface area (Å²) < 4.78 is 4.72. The first kappa shape index (κ1) is 7.60. The Morgan fingerprint density at radius 1 is 1.45 bits per heavy atom. The van der Waals surface area contributed by atoms with Crippen LogP contribution in [-0.4, -0.2) is 13.4 Å². The first-order valence-electron chi connectivity index (χ1n) is 3.08. The van der Waals surface area contributed by atoms with Crippen LogP contribution in [0.4, 0.5) is 0 Å². The number of benzene rings is 1. The van der Waals surface area contributed by atoms with E-state index >= 15 is 0 Å². The van der Waals surface area contributed by atoms with E-state index < -0.39 is 0 Å². The molecule has 11 heavy (non-hydrogen) atoms. The Morgan fingerprint density at radius 2 is 2.18 bits per heavy atom. The second-order valence-corrected chi connectivity index (χ2v) is 2.03. The van der Waals surface area contributed by atoms with Gasteiger partial charge in [-0.05, 0) is 18.2 Å². The van der Waals surface area contributed by atoms with E-state index in [1.807, 2.05) is 0 Å². The van der Waals surface area contributed by atoms with Crippen molar-refractivity contribution in [3.63, 3.8) is 0 Å². The molecule has 0 aliphatic rings. The van der Waals surface area contributed by atoms with Crippen LogP contribution in [0.2, 0.25) is 0 Å². The molecule has 1 aromatic carbocycles. The van der Waals surface area contributed by atoms with Gasteiger partial charge >= 0.3 is 0 Å². The van der Waals surface area contributed by atoms with Crippen LogP contribution in [0.25, 0.3) is 0 Å². The van der Waals surface area contributed by atoms with Crippen molar-refractivity contribution >= 4 is 6.29 Å². The molecule has 0 saturated heterocycles. The van der Waals surface area contributed by atoms with Gasteiger partial charge in [0.2, 0.25) is 5.75 Å². The minimum atomic E-state index is -0.210. The fraction of sp³-hybridized carbons (Fsp3) is 0.125. The average molecular weight is 151 g/mol. The van der Waals surface area contributed by atoms with E-state index in [1.54, 1.807) is 0 Å². The number of methoxy groups -OCH3 is 1. The van der Waals surface area contributed by atoms with Crippen LogP contribution in [0.15, 0.2) is 18.2 Å². The number of aldehydes is 1. The number of carbonyl (C=O) groups is 1. The maximum absolute atomic E-state index is 10.9. The SMILES string of the molecule is COc1cc(C=O)ccc1[O]. The first-order valence-corrected chi connectivity index (χ1v) is 3.08. The van der Waals surface area contributed by atoms with Crippen LogP contribution in [0.1, 0.15) is 10.4 Å². The van der Waals surface area contributed by atoms with Gasteiger partial charge in [0.15, 0.2) is 5.75 Å². The Hall–Kier alpha value is -1.51. The molecule has 0 N–H and O–H groups in total. The van der Waals surface area contributed by atoms with Gasteiger partial charge in [-0.1, -0.05) is 0 Å². The summed E-state index contributed by atoms with van der Waals surface area (Å²) >= 11 is 0. The Morgan fingerprint density at radius 3 is 2.73 bits per heavy atom. The van der Waals surface area contributed by atoms with Crippen molar-refractivity contribution in [3.05, 3.63) is 23.8 Å². The number of rotatable bonds is 2. The van der Waals surface area contributed by atoms with E-state index in [1.165, 1.54) is 25.3 Å². The molecule has 0 amide bonds. The van der Waals surface area contributed by atoms with Crippen LogP contribution < -0.4 is 4.74 Å².